The molecule has 0 saturated heterocycles. The van der Waals surface area contributed by atoms with Crippen LogP contribution in [0.4, 0.5) is 0 Å². The number of ether oxygens (including phenoxy) is 1. The minimum Gasteiger partial charge on any atom is -0.382 e. The van der Waals surface area contributed by atoms with Gasteiger partial charge in [-0.2, -0.15) is 0 Å². The van der Waals surface area contributed by atoms with E-state index in [1.54, 1.807) is 0 Å². The Bertz CT molecular complexity index is 417. The molecule has 0 aromatic heterocycles. The van der Waals surface area contributed by atoms with Crippen LogP contribution in [0.5, 0.6) is 0 Å². The molecule has 0 bridgehead atoms. The van der Waals surface area contributed by atoms with Crippen LogP contribution < -0.4 is 11.1 Å². The van der Waals surface area contributed by atoms with Crippen molar-refractivity contribution in [1.82, 2.24) is 5.32 Å². The Morgan fingerprint density at radius 1 is 1.42 bits per heavy atom. The van der Waals surface area contributed by atoms with Crippen LogP contribution >= 0.6 is 0 Å². The zero-order valence-corrected chi connectivity index (χ0v) is 11.4. The van der Waals surface area contributed by atoms with Crippen molar-refractivity contribution in [3.8, 4) is 0 Å². The van der Waals surface area contributed by atoms with Gasteiger partial charge >= 0.3 is 0 Å². The number of carbonyl (C=O) groups is 1. The van der Waals surface area contributed by atoms with E-state index in [4.69, 9.17) is 10.5 Å². The van der Waals surface area contributed by atoms with Gasteiger partial charge in [0.15, 0.2) is 0 Å². The van der Waals surface area contributed by atoms with Crippen molar-refractivity contribution in [2.24, 2.45) is 5.73 Å². The molecule has 104 valence electrons. The van der Waals surface area contributed by atoms with Crippen LogP contribution in [0.3, 0.4) is 0 Å². The highest BCUT2D eigenvalue weighted by molar-refractivity contribution is 5.86. The highest BCUT2D eigenvalue weighted by Crippen LogP contribution is 2.31. The average molecular weight is 262 g/mol. The monoisotopic (exact) mass is 262 g/mol. The predicted octanol–water partition coefficient (Wildman–Crippen LogP) is 1.55. The fraction of sp³-hybridized carbons (Fsp3) is 0.533. The van der Waals surface area contributed by atoms with Crippen molar-refractivity contribution in [3.63, 3.8) is 0 Å². The summed E-state index contributed by atoms with van der Waals surface area (Å²) < 4.78 is 5.41. The van der Waals surface area contributed by atoms with Crippen LogP contribution in [-0.4, -0.2) is 25.2 Å². The van der Waals surface area contributed by atoms with Gasteiger partial charge in [-0.25, -0.2) is 0 Å². The third-order valence-corrected chi connectivity index (χ3v) is 3.54. The lowest BCUT2D eigenvalue weighted by Crippen LogP contribution is -2.54. The summed E-state index contributed by atoms with van der Waals surface area (Å²) in [4.78, 5) is 12.1. The molecule has 1 atom stereocenters. The molecule has 1 amide bonds. The van der Waals surface area contributed by atoms with E-state index in [0.717, 1.165) is 18.4 Å². The summed E-state index contributed by atoms with van der Waals surface area (Å²) in [7, 11) is 0. The third-order valence-electron chi connectivity index (χ3n) is 3.54. The summed E-state index contributed by atoms with van der Waals surface area (Å²) in [5.74, 6) is -0.328. The Balaban J connectivity index is 2.24. The number of nitrogens with two attached hydrogens (primary N) is 1. The van der Waals surface area contributed by atoms with Gasteiger partial charge in [0, 0.05) is 25.7 Å². The first kappa shape index (κ1) is 14.0. The number of benzene rings is 1. The van der Waals surface area contributed by atoms with Gasteiger partial charge in [0.25, 0.3) is 0 Å². The molecule has 0 spiro atoms. The molecule has 0 radical (unpaired) electrons. The third kappa shape index (κ3) is 3.33. The molecule has 1 unspecified atom stereocenters. The molecular weight excluding hydrogens is 240 g/mol. The smallest absolute Gasteiger partial charge is 0.242 e. The summed E-state index contributed by atoms with van der Waals surface area (Å²) in [6.45, 7) is 3.11. The Morgan fingerprint density at radius 3 is 2.63 bits per heavy atom. The summed E-state index contributed by atoms with van der Waals surface area (Å²) >= 11 is 0. The molecule has 1 aliphatic rings. The van der Waals surface area contributed by atoms with Crippen LogP contribution in [0.25, 0.3) is 0 Å². The number of primary amides is 1. The van der Waals surface area contributed by atoms with E-state index in [-0.39, 0.29) is 5.91 Å². The molecule has 1 saturated carbocycles. The molecule has 2 rings (SSSR count). The van der Waals surface area contributed by atoms with Crippen molar-refractivity contribution in [2.75, 3.05) is 13.2 Å². The molecule has 3 N–H and O–H groups in total. The summed E-state index contributed by atoms with van der Waals surface area (Å²) in [6, 6.07) is 10.1. The van der Waals surface area contributed by atoms with E-state index >= 15 is 0 Å². The van der Waals surface area contributed by atoms with Gasteiger partial charge in [0.05, 0.1) is 0 Å². The van der Waals surface area contributed by atoms with Gasteiger partial charge < -0.3 is 10.5 Å². The fourth-order valence-electron chi connectivity index (χ4n) is 2.30. The van der Waals surface area contributed by atoms with Crippen molar-refractivity contribution < 1.29 is 9.53 Å². The Kier molecular flexibility index (Phi) is 4.56. The molecule has 1 aromatic rings. The van der Waals surface area contributed by atoms with Gasteiger partial charge in [-0.05, 0) is 25.3 Å². The first-order valence-corrected chi connectivity index (χ1v) is 6.90. The number of rotatable bonds is 8. The van der Waals surface area contributed by atoms with E-state index in [9.17, 15) is 4.79 Å². The number of nitrogens with one attached hydrogen (secondary N) is 1. The summed E-state index contributed by atoms with van der Waals surface area (Å²) in [5, 5.41) is 3.42. The number of carbonyl (C=O) groups excluding carboxylic acids is 1. The highest BCUT2D eigenvalue weighted by atomic mass is 16.5. The molecule has 4 heteroatoms. The quantitative estimate of drug-likeness (QED) is 0.699. The molecule has 0 aliphatic heterocycles. The van der Waals surface area contributed by atoms with Gasteiger partial charge in [-0.1, -0.05) is 30.3 Å². The average Bonchev–Trinajstić information content (AvgIpc) is 3.22. The zero-order chi connectivity index (χ0) is 13.7. The van der Waals surface area contributed by atoms with E-state index in [1.165, 1.54) is 0 Å². The van der Waals surface area contributed by atoms with Crippen molar-refractivity contribution in [2.45, 2.75) is 37.8 Å². The second-order valence-corrected chi connectivity index (χ2v) is 5.00. The molecule has 4 nitrogen and oxygen atoms in total. The van der Waals surface area contributed by atoms with Crippen molar-refractivity contribution in [1.29, 1.82) is 0 Å². The van der Waals surface area contributed by atoms with E-state index in [0.29, 0.717) is 25.7 Å². The maximum Gasteiger partial charge on any atom is 0.242 e. The Morgan fingerprint density at radius 2 is 2.11 bits per heavy atom. The van der Waals surface area contributed by atoms with Gasteiger partial charge in [0.1, 0.15) is 5.54 Å². The minimum atomic E-state index is -0.808. The number of hydrogen-bond acceptors (Lipinski definition) is 3. The highest BCUT2D eigenvalue weighted by Gasteiger charge is 2.42. The standard InChI is InChI=1S/C15H22N2O2/c1-2-19-11-10-15(14(16)18,17-13-8-9-13)12-6-4-3-5-7-12/h3-7,13,17H,2,8-11H2,1H3,(H2,16,18). The summed E-state index contributed by atoms with van der Waals surface area (Å²) in [5.41, 5.74) is 5.82. The summed E-state index contributed by atoms with van der Waals surface area (Å²) in [6.07, 6.45) is 2.78. The molecule has 1 fully saturated rings. The van der Waals surface area contributed by atoms with Crippen LogP contribution in [0.15, 0.2) is 30.3 Å². The fourth-order valence-corrected chi connectivity index (χ4v) is 2.30. The normalized spacial score (nSPS) is 17.9. The molecule has 1 aromatic carbocycles. The predicted molar refractivity (Wildman–Crippen MR) is 74.6 cm³/mol. The van der Waals surface area contributed by atoms with Crippen molar-refractivity contribution in [3.05, 3.63) is 35.9 Å². The first-order chi connectivity index (χ1) is 9.19. The number of hydrogen-bond donors (Lipinski definition) is 2. The van der Waals surface area contributed by atoms with E-state index in [2.05, 4.69) is 5.32 Å². The lowest BCUT2D eigenvalue weighted by Gasteiger charge is -2.32. The minimum absolute atomic E-state index is 0.328. The molecular formula is C15H22N2O2. The largest absolute Gasteiger partial charge is 0.382 e. The van der Waals surface area contributed by atoms with Crippen LogP contribution in [-0.2, 0) is 15.1 Å². The Labute approximate surface area is 114 Å². The van der Waals surface area contributed by atoms with Gasteiger partial charge in [0.2, 0.25) is 5.91 Å². The van der Waals surface area contributed by atoms with Crippen LogP contribution in [0.1, 0.15) is 31.7 Å². The zero-order valence-electron chi connectivity index (χ0n) is 11.4. The molecule has 0 heterocycles. The first-order valence-electron chi connectivity index (χ1n) is 6.90. The van der Waals surface area contributed by atoms with Gasteiger partial charge in [-0.15, -0.1) is 0 Å². The van der Waals surface area contributed by atoms with E-state index < -0.39 is 5.54 Å². The SMILES string of the molecule is CCOCCC(NC1CC1)(C(N)=O)c1ccccc1. The second kappa shape index (κ2) is 6.17. The lowest BCUT2D eigenvalue weighted by atomic mass is 9.85. The van der Waals surface area contributed by atoms with Crippen molar-refractivity contribution >= 4 is 5.91 Å². The van der Waals surface area contributed by atoms with Gasteiger partial charge in [-0.3, -0.25) is 10.1 Å². The van der Waals surface area contributed by atoms with Crippen LogP contribution in [0, 0.1) is 0 Å². The molecule has 19 heavy (non-hydrogen) atoms. The maximum absolute atomic E-state index is 12.1. The Hall–Kier alpha value is -1.39. The maximum atomic E-state index is 12.1. The molecule has 1 aliphatic carbocycles. The topological polar surface area (TPSA) is 64.3 Å². The second-order valence-electron chi connectivity index (χ2n) is 5.00. The van der Waals surface area contributed by atoms with E-state index in [1.807, 2.05) is 37.3 Å². The lowest BCUT2D eigenvalue weighted by molar-refractivity contribution is -0.125. The number of amides is 1. The van der Waals surface area contributed by atoms with Crippen LogP contribution in [0.2, 0.25) is 0 Å².